The Kier molecular flexibility index (Phi) is 2.49. The second kappa shape index (κ2) is 3.96. The van der Waals surface area contributed by atoms with Crippen molar-refractivity contribution >= 4 is 5.82 Å². The van der Waals surface area contributed by atoms with Crippen LogP contribution in [0.1, 0.15) is 5.56 Å². The van der Waals surface area contributed by atoms with E-state index in [0.29, 0.717) is 11.7 Å². The molecule has 4 nitrogen and oxygen atoms in total. The molecule has 76 valence electrons. The summed E-state index contributed by atoms with van der Waals surface area (Å²) in [5.74, 6) is 1.67. The Morgan fingerprint density at radius 2 is 1.87 bits per heavy atom. The van der Waals surface area contributed by atoms with Gasteiger partial charge in [0, 0.05) is 0 Å². The van der Waals surface area contributed by atoms with Crippen LogP contribution in [0.2, 0.25) is 0 Å². The molecule has 1 heterocycles. The molecule has 0 aliphatic carbocycles. The zero-order valence-electron chi connectivity index (χ0n) is 8.34. The van der Waals surface area contributed by atoms with Gasteiger partial charge in [-0.05, 0) is 19.1 Å². The Morgan fingerprint density at radius 3 is 2.60 bits per heavy atom. The average molecular weight is 201 g/mol. The summed E-state index contributed by atoms with van der Waals surface area (Å²) in [6.07, 6.45) is 1.39. The van der Waals surface area contributed by atoms with Gasteiger partial charge in [-0.25, -0.2) is 9.97 Å². The first-order valence-electron chi connectivity index (χ1n) is 4.57. The first-order valence-corrected chi connectivity index (χ1v) is 4.57. The van der Waals surface area contributed by atoms with Gasteiger partial charge in [0.15, 0.2) is 0 Å². The van der Waals surface area contributed by atoms with Crippen LogP contribution < -0.4 is 10.5 Å². The lowest BCUT2D eigenvalue weighted by atomic mass is 10.3. The third-order valence-electron chi connectivity index (χ3n) is 2.03. The highest BCUT2D eigenvalue weighted by Gasteiger charge is 2.05. The van der Waals surface area contributed by atoms with E-state index < -0.39 is 0 Å². The summed E-state index contributed by atoms with van der Waals surface area (Å²) in [7, 11) is 0. The maximum absolute atomic E-state index is 5.64. The van der Waals surface area contributed by atoms with Gasteiger partial charge in [-0.3, -0.25) is 0 Å². The van der Waals surface area contributed by atoms with Gasteiger partial charge in [0.05, 0.1) is 5.56 Å². The predicted octanol–water partition coefficient (Wildman–Crippen LogP) is 2.16. The van der Waals surface area contributed by atoms with E-state index in [2.05, 4.69) is 9.97 Å². The lowest BCUT2D eigenvalue weighted by Crippen LogP contribution is -1.98. The van der Waals surface area contributed by atoms with Gasteiger partial charge in [0.1, 0.15) is 17.9 Å². The Bertz CT molecular complexity index is 457. The van der Waals surface area contributed by atoms with Crippen LogP contribution in [0, 0.1) is 6.92 Å². The van der Waals surface area contributed by atoms with E-state index in [1.54, 1.807) is 0 Å². The normalized spacial score (nSPS) is 9.93. The highest BCUT2D eigenvalue weighted by atomic mass is 16.5. The fraction of sp³-hybridized carbons (Fsp3) is 0.0909. The minimum atomic E-state index is 0.441. The topological polar surface area (TPSA) is 61.0 Å². The average Bonchev–Trinajstić information content (AvgIpc) is 2.26. The van der Waals surface area contributed by atoms with Crippen molar-refractivity contribution in [3.8, 4) is 11.6 Å². The number of anilines is 1. The highest BCUT2D eigenvalue weighted by Crippen LogP contribution is 2.23. The van der Waals surface area contributed by atoms with Crippen LogP contribution in [0.3, 0.4) is 0 Å². The van der Waals surface area contributed by atoms with Gasteiger partial charge in [0.2, 0.25) is 5.88 Å². The number of aromatic nitrogens is 2. The molecule has 2 N–H and O–H groups in total. The monoisotopic (exact) mass is 201 g/mol. The molecule has 0 atom stereocenters. The summed E-state index contributed by atoms with van der Waals surface area (Å²) in [5.41, 5.74) is 6.39. The van der Waals surface area contributed by atoms with Crippen LogP contribution in [-0.4, -0.2) is 9.97 Å². The van der Waals surface area contributed by atoms with Crippen molar-refractivity contribution in [2.45, 2.75) is 6.92 Å². The molecule has 0 fully saturated rings. The minimum absolute atomic E-state index is 0.441. The van der Waals surface area contributed by atoms with Gasteiger partial charge in [0.25, 0.3) is 0 Å². The quantitative estimate of drug-likeness (QED) is 0.808. The Morgan fingerprint density at radius 1 is 1.13 bits per heavy atom. The standard InChI is InChI=1S/C11H11N3O/c1-8-10(12)13-7-14-11(8)15-9-5-3-2-4-6-9/h2-7H,1H3,(H2,12,13,14). The summed E-state index contributed by atoms with van der Waals surface area (Å²) >= 11 is 0. The van der Waals surface area contributed by atoms with Crippen molar-refractivity contribution in [1.29, 1.82) is 0 Å². The molecule has 15 heavy (non-hydrogen) atoms. The van der Waals surface area contributed by atoms with Crippen molar-refractivity contribution in [3.63, 3.8) is 0 Å². The molecule has 1 aromatic carbocycles. The van der Waals surface area contributed by atoms with Crippen LogP contribution in [0.4, 0.5) is 5.82 Å². The molecule has 0 amide bonds. The number of nitrogens with two attached hydrogens (primary N) is 1. The van der Waals surface area contributed by atoms with Gasteiger partial charge >= 0.3 is 0 Å². The summed E-state index contributed by atoms with van der Waals surface area (Å²) < 4.78 is 5.56. The largest absolute Gasteiger partial charge is 0.439 e. The fourth-order valence-corrected chi connectivity index (χ4v) is 1.15. The van der Waals surface area contributed by atoms with Crippen molar-refractivity contribution in [3.05, 3.63) is 42.2 Å². The minimum Gasteiger partial charge on any atom is -0.439 e. The van der Waals surface area contributed by atoms with Crippen LogP contribution in [-0.2, 0) is 0 Å². The van der Waals surface area contributed by atoms with Gasteiger partial charge < -0.3 is 10.5 Å². The zero-order valence-corrected chi connectivity index (χ0v) is 8.34. The number of benzene rings is 1. The van der Waals surface area contributed by atoms with Gasteiger partial charge in [-0.15, -0.1) is 0 Å². The van der Waals surface area contributed by atoms with E-state index in [9.17, 15) is 0 Å². The molecule has 2 aromatic rings. The number of hydrogen-bond acceptors (Lipinski definition) is 4. The molecule has 0 saturated carbocycles. The number of para-hydroxylation sites is 1. The fourth-order valence-electron chi connectivity index (χ4n) is 1.15. The van der Waals surface area contributed by atoms with Crippen molar-refractivity contribution in [2.24, 2.45) is 0 Å². The number of hydrogen-bond donors (Lipinski definition) is 1. The van der Waals surface area contributed by atoms with E-state index in [0.717, 1.165) is 11.3 Å². The van der Waals surface area contributed by atoms with E-state index in [-0.39, 0.29) is 0 Å². The Hall–Kier alpha value is -2.10. The molecule has 4 heteroatoms. The third-order valence-corrected chi connectivity index (χ3v) is 2.03. The zero-order chi connectivity index (χ0) is 10.7. The van der Waals surface area contributed by atoms with Crippen molar-refractivity contribution in [2.75, 3.05) is 5.73 Å². The molecular formula is C11H11N3O. The molecule has 0 unspecified atom stereocenters. The number of rotatable bonds is 2. The Labute approximate surface area is 87.7 Å². The predicted molar refractivity (Wildman–Crippen MR) is 57.7 cm³/mol. The molecule has 1 aromatic heterocycles. The van der Waals surface area contributed by atoms with Crippen LogP contribution in [0.5, 0.6) is 11.6 Å². The smallest absolute Gasteiger partial charge is 0.227 e. The summed E-state index contributed by atoms with van der Waals surface area (Å²) in [5, 5.41) is 0. The van der Waals surface area contributed by atoms with E-state index in [4.69, 9.17) is 10.5 Å². The highest BCUT2D eigenvalue weighted by molar-refractivity contribution is 5.44. The van der Waals surface area contributed by atoms with Crippen molar-refractivity contribution in [1.82, 2.24) is 9.97 Å². The molecule has 0 aliphatic rings. The van der Waals surface area contributed by atoms with Gasteiger partial charge in [-0.1, -0.05) is 18.2 Å². The summed E-state index contributed by atoms with van der Waals surface area (Å²) in [4.78, 5) is 7.89. The molecule has 2 rings (SSSR count). The number of nitrogens with zero attached hydrogens (tertiary/aromatic N) is 2. The molecule has 0 spiro atoms. The molecule has 0 saturated heterocycles. The second-order valence-electron chi connectivity index (χ2n) is 3.10. The van der Waals surface area contributed by atoms with E-state index in [1.807, 2.05) is 37.3 Å². The maximum Gasteiger partial charge on any atom is 0.227 e. The third kappa shape index (κ3) is 2.04. The van der Waals surface area contributed by atoms with Crippen LogP contribution in [0.25, 0.3) is 0 Å². The van der Waals surface area contributed by atoms with Crippen LogP contribution >= 0.6 is 0 Å². The number of nitrogen functional groups attached to an aromatic ring is 1. The summed E-state index contributed by atoms with van der Waals surface area (Å²) in [6.45, 7) is 1.83. The van der Waals surface area contributed by atoms with E-state index >= 15 is 0 Å². The molecular weight excluding hydrogens is 190 g/mol. The molecule has 0 radical (unpaired) electrons. The first-order chi connectivity index (χ1) is 7.27. The van der Waals surface area contributed by atoms with E-state index in [1.165, 1.54) is 6.33 Å². The maximum atomic E-state index is 5.64. The van der Waals surface area contributed by atoms with Gasteiger partial charge in [-0.2, -0.15) is 0 Å². The first kappa shape index (κ1) is 9.45. The Balaban J connectivity index is 2.29. The molecule has 0 aliphatic heterocycles. The SMILES string of the molecule is Cc1c(N)ncnc1Oc1ccccc1. The number of ether oxygens (including phenoxy) is 1. The lowest BCUT2D eigenvalue weighted by molar-refractivity contribution is 0.458. The second-order valence-corrected chi connectivity index (χ2v) is 3.10. The lowest BCUT2D eigenvalue weighted by Gasteiger charge is -2.07. The molecule has 0 bridgehead atoms. The summed E-state index contributed by atoms with van der Waals surface area (Å²) in [6, 6.07) is 9.44. The van der Waals surface area contributed by atoms with Crippen molar-refractivity contribution < 1.29 is 4.74 Å². The van der Waals surface area contributed by atoms with Crippen LogP contribution in [0.15, 0.2) is 36.7 Å².